The van der Waals surface area contributed by atoms with Crippen molar-refractivity contribution in [1.29, 1.82) is 0 Å². The van der Waals surface area contributed by atoms with Crippen molar-refractivity contribution in [2.24, 2.45) is 0 Å². The SMILES string of the molecule is COCCNC(=O)c1cccc(C(=O)Nc2cccc(NC(C)=O)c2)c1. The van der Waals surface area contributed by atoms with Crippen LogP contribution in [0.4, 0.5) is 11.4 Å². The van der Waals surface area contributed by atoms with E-state index in [1.54, 1.807) is 49.6 Å². The van der Waals surface area contributed by atoms with Gasteiger partial charge in [0.05, 0.1) is 6.61 Å². The van der Waals surface area contributed by atoms with Crippen LogP contribution in [0.2, 0.25) is 0 Å². The summed E-state index contributed by atoms with van der Waals surface area (Å²) in [5, 5.41) is 8.11. The van der Waals surface area contributed by atoms with E-state index in [9.17, 15) is 14.4 Å². The van der Waals surface area contributed by atoms with E-state index in [4.69, 9.17) is 4.74 Å². The van der Waals surface area contributed by atoms with Gasteiger partial charge >= 0.3 is 0 Å². The van der Waals surface area contributed by atoms with Gasteiger partial charge in [-0.25, -0.2) is 0 Å². The summed E-state index contributed by atoms with van der Waals surface area (Å²) in [6, 6.07) is 13.2. The van der Waals surface area contributed by atoms with Crippen molar-refractivity contribution < 1.29 is 19.1 Å². The van der Waals surface area contributed by atoms with Crippen LogP contribution in [0.15, 0.2) is 48.5 Å². The number of anilines is 2. The predicted molar refractivity (Wildman–Crippen MR) is 99.4 cm³/mol. The minimum Gasteiger partial charge on any atom is -0.383 e. The normalized spacial score (nSPS) is 10.1. The monoisotopic (exact) mass is 355 g/mol. The van der Waals surface area contributed by atoms with Crippen LogP contribution in [0.1, 0.15) is 27.6 Å². The van der Waals surface area contributed by atoms with E-state index >= 15 is 0 Å². The Labute approximate surface area is 151 Å². The van der Waals surface area contributed by atoms with Gasteiger partial charge in [-0.05, 0) is 36.4 Å². The van der Waals surface area contributed by atoms with Crippen molar-refractivity contribution in [3.63, 3.8) is 0 Å². The smallest absolute Gasteiger partial charge is 0.255 e. The average Bonchev–Trinajstić information content (AvgIpc) is 2.61. The fraction of sp³-hybridized carbons (Fsp3) is 0.211. The molecule has 2 rings (SSSR count). The topological polar surface area (TPSA) is 96.5 Å². The third kappa shape index (κ3) is 5.71. The van der Waals surface area contributed by atoms with Gasteiger partial charge in [0.1, 0.15) is 0 Å². The summed E-state index contributed by atoms with van der Waals surface area (Å²) in [7, 11) is 1.55. The van der Waals surface area contributed by atoms with Crippen LogP contribution in [0.3, 0.4) is 0 Å². The van der Waals surface area contributed by atoms with Crippen LogP contribution < -0.4 is 16.0 Å². The molecular formula is C19H21N3O4. The Balaban J connectivity index is 2.07. The average molecular weight is 355 g/mol. The molecule has 26 heavy (non-hydrogen) atoms. The molecule has 0 aromatic heterocycles. The van der Waals surface area contributed by atoms with Crippen molar-refractivity contribution >= 4 is 29.1 Å². The van der Waals surface area contributed by atoms with Crippen LogP contribution in [0.5, 0.6) is 0 Å². The molecule has 0 fully saturated rings. The van der Waals surface area contributed by atoms with E-state index in [2.05, 4.69) is 16.0 Å². The summed E-state index contributed by atoms with van der Waals surface area (Å²) >= 11 is 0. The molecule has 3 N–H and O–H groups in total. The molecule has 0 aliphatic heterocycles. The number of nitrogens with one attached hydrogen (secondary N) is 3. The molecule has 0 atom stereocenters. The summed E-state index contributed by atoms with van der Waals surface area (Å²) in [5.74, 6) is -0.818. The molecule has 0 spiro atoms. The number of carbonyl (C=O) groups excluding carboxylic acids is 3. The van der Waals surface area contributed by atoms with Crippen molar-refractivity contribution in [2.75, 3.05) is 30.9 Å². The maximum absolute atomic E-state index is 12.4. The zero-order valence-electron chi connectivity index (χ0n) is 14.7. The van der Waals surface area contributed by atoms with E-state index in [0.29, 0.717) is 35.7 Å². The Morgan fingerprint density at radius 3 is 2.15 bits per heavy atom. The molecule has 0 aliphatic rings. The summed E-state index contributed by atoms with van der Waals surface area (Å²) in [6.07, 6.45) is 0. The second kappa shape index (κ2) is 9.33. The van der Waals surface area contributed by atoms with E-state index in [0.717, 1.165) is 0 Å². The van der Waals surface area contributed by atoms with Gasteiger partial charge in [-0.3, -0.25) is 14.4 Å². The zero-order chi connectivity index (χ0) is 18.9. The van der Waals surface area contributed by atoms with E-state index < -0.39 is 0 Å². The lowest BCUT2D eigenvalue weighted by Gasteiger charge is -2.09. The molecule has 3 amide bonds. The van der Waals surface area contributed by atoms with Crippen molar-refractivity contribution in [1.82, 2.24) is 5.32 Å². The first-order valence-corrected chi connectivity index (χ1v) is 8.06. The molecule has 0 saturated carbocycles. The highest BCUT2D eigenvalue weighted by molar-refractivity contribution is 6.06. The second-order valence-corrected chi connectivity index (χ2v) is 5.55. The van der Waals surface area contributed by atoms with Crippen LogP contribution in [-0.4, -0.2) is 38.0 Å². The highest BCUT2D eigenvalue weighted by Crippen LogP contribution is 2.16. The summed E-state index contributed by atoms with van der Waals surface area (Å²) in [5.41, 5.74) is 1.87. The maximum Gasteiger partial charge on any atom is 0.255 e. The van der Waals surface area contributed by atoms with Gasteiger partial charge in [-0.2, -0.15) is 0 Å². The number of benzene rings is 2. The van der Waals surface area contributed by atoms with Crippen LogP contribution in [0.25, 0.3) is 0 Å². The Kier molecular flexibility index (Phi) is 6.87. The number of rotatable bonds is 7. The Morgan fingerprint density at radius 2 is 1.50 bits per heavy atom. The van der Waals surface area contributed by atoms with Crippen LogP contribution >= 0.6 is 0 Å². The number of amides is 3. The van der Waals surface area contributed by atoms with Gasteiger partial charge < -0.3 is 20.7 Å². The lowest BCUT2D eigenvalue weighted by Crippen LogP contribution is -2.27. The highest BCUT2D eigenvalue weighted by Gasteiger charge is 2.11. The molecule has 7 heteroatoms. The minimum absolute atomic E-state index is 0.194. The summed E-state index contributed by atoms with van der Waals surface area (Å²) in [4.78, 5) is 35.6. The molecule has 7 nitrogen and oxygen atoms in total. The number of ether oxygens (including phenoxy) is 1. The summed E-state index contributed by atoms with van der Waals surface area (Å²) in [6.45, 7) is 2.21. The van der Waals surface area contributed by atoms with E-state index in [1.165, 1.54) is 13.0 Å². The third-order valence-electron chi connectivity index (χ3n) is 3.42. The molecular weight excluding hydrogens is 334 g/mol. The largest absolute Gasteiger partial charge is 0.383 e. The third-order valence-corrected chi connectivity index (χ3v) is 3.42. The molecule has 136 valence electrons. The van der Waals surface area contributed by atoms with Gasteiger partial charge in [0, 0.05) is 43.1 Å². The predicted octanol–water partition coefficient (Wildman–Crippen LogP) is 2.27. The minimum atomic E-state index is -0.350. The van der Waals surface area contributed by atoms with Crippen LogP contribution in [0, 0.1) is 0 Å². The number of methoxy groups -OCH3 is 1. The molecule has 0 saturated heterocycles. The quantitative estimate of drug-likeness (QED) is 0.664. The van der Waals surface area contributed by atoms with E-state index in [1.807, 2.05) is 0 Å². The van der Waals surface area contributed by atoms with Crippen LogP contribution in [-0.2, 0) is 9.53 Å². The van der Waals surface area contributed by atoms with Gasteiger partial charge in [0.15, 0.2) is 0 Å². The first kappa shape index (κ1) is 19.1. The van der Waals surface area contributed by atoms with Gasteiger partial charge in [-0.15, -0.1) is 0 Å². The number of carbonyl (C=O) groups is 3. The molecule has 2 aromatic rings. The Bertz CT molecular complexity index is 805. The molecule has 0 unspecified atom stereocenters. The zero-order valence-corrected chi connectivity index (χ0v) is 14.7. The first-order chi connectivity index (χ1) is 12.5. The highest BCUT2D eigenvalue weighted by atomic mass is 16.5. The molecule has 0 heterocycles. The van der Waals surface area contributed by atoms with Gasteiger partial charge in [0.2, 0.25) is 5.91 Å². The molecule has 0 aliphatic carbocycles. The van der Waals surface area contributed by atoms with E-state index in [-0.39, 0.29) is 17.7 Å². The number of hydrogen-bond donors (Lipinski definition) is 3. The summed E-state index contributed by atoms with van der Waals surface area (Å²) < 4.78 is 4.89. The number of hydrogen-bond acceptors (Lipinski definition) is 4. The van der Waals surface area contributed by atoms with Crippen molar-refractivity contribution in [2.45, 2.75) is 6.92 Å². The molecule has 0 bridgehead atoms. The standard InChI is InChI=1S/C19H21N3O4/c1-13(23)21-16-7-4-8-17(12-16)22-19(25)15-6-3-5-14(11-15)18(24)20-9-10-26-2/h3-8,11-12H,9-10H2,1-2H3,(H,20,24)(H,21,23)(H,22,25). The lowest BCUT2D eigenvalue weighted by molar-refractivity contribution is -0.114. The molecule has 0 radical (unpaired) electrons. The molecule has 2 aromatic carbocycles. The Morgan fingerprint density at radius 1 is 0.885 bits per heavy atom. The van der Waals surface area contributed by atoms with Gasteiger partial charge in [-0.1, -0.05) is 12.1 Å². The fourth-order valence-corrected chi connectivity index (χ4v) is 2.25. The Hall–Kier alpha value is -3.19. The van der Waals surface area contributed by atoms with Crippen molar-refractivity contribution in [3.8, 4) is 0 Å². The second-order valence-electron chi connectivity index (χ2n) is 5.55. The van der Waals surface area contributed by atoms with Crippen molar-refractivity contribution in [3.05, 3.63) is 59.7 Å². The first-order valence-electron chi connectivity index (χ1n) is 8.06. The lowest BCUT2D eigenvalue weighted by atomic mass is 10.1. The van der Waals surface area contributed by atoms with Gasteiger partial charge in [0.25, 0.3) is 11.8 Å². The maximum atomic E-state index is 12.4. The fourth-order valence-electron chi connectivity index (χ4n) is 2.25.